The summed E-state index contributed by atoms with van der Waals surface area (Å²) >= 11 is 0. The van der Waals surface area contributed by atoms with Crippen LogP contribution in [0.15, 0.2) is 44.4 Å². The monoisotopic (exact) mass is 442 g/mol. The van der Waals surface area contributed by atoms with E-state index in [2.05, 4.69) is 6.92 Å². The lowest BCUT2D eigenvalue weighted by molar-refractivity contribution is 0.0697. The molecular formula is C25H30O5S. The number of carboxylic acids is 1. The maximum Gasteiger partial charge on any atom is 0.335 e. The molecule has 0 aliphatic rings. The number of carboxylic acid groups (broad SMARTS) is 1. The average molecular weight is 443 g/mol. The van der Waals surface area contributed by atoms with Gasteiger partial charge in [0.2, 0.25) is 5.43 Å². The van der Waals surface area contributed by atoms with E-state index in [1.807, 2.05) is 19.9 Å². The van der Waals surface area contributed by atoms with Gasteiger partial charge >= 0.3 is 5.97 Å². The fraction of sp³-hybridized carbons (Fsp3) is 0.440. The Balaban J connectivity index is 2.10. The zero-order valence-corrected chi connectivity index (χ0v) is 19.2. The number of carbonyl (C=O) groups is 1. The normalized spacial score (nSPS) is 12.6. The lowest BCUT2D eigenvalue weighted by Crippen LogP contribution is -2.10. The number of aryl methyl sites for hydroxylation is 1. The molecule has 31 heavy (non-hydrogen) atoms. The predicted molar refractivity (Wildman–Crippen MR) is 126 cm³/mol. The molecule has 0 amide bonds. The van der Waals surface area contributed by atoms with Crippen molar-refractivity contribution >= 4 is 38.7 Å². The first kappa shape index (κ1) is 23.2. The average Bonchev–Trinajstić information content (AvgIpc) is 2.75. The van der Waals surface area contributed by atoms with Gasteiger partial charge < -0.3 is 9.52 Å². The van der Waals surface area contributed by atoms with Gasteiger partial charge in [-0.1, -0.05) is 52.9 Å². The van der Waals surface area contributed by atoms with Crippen LogP contribution in [0.4, 0.5) is 0 Å². The summed E-state index contributed by atoms with van der Waals surface area (Å²) in [5.41, 5.74) is 1.51. The van der Waals surface area contributed by atoms with Crippen LogP contribution >= 0.6 is 0 Å². The van der Waals surface area contributed by atoms with Gasteiger partial charge in [-0.25, -0.2) is 4.79 Å². The van der Waals surface area contributed by atoms with Crippen LogP contribution in [0.25, 0.3) is 21.9 Å². The van der Waals surface area contributed by atoms with E-state index in [4.69, 9.17) is 4.42 Å². The van der Waals surface area contributed by atoms with E-state index < -0.39 is 16.8 Å². The molecular weight excluding hydrogens is 412 g/mol. The summed E-state index contributed by atoms with van der Waals surface area (Å²) in [6.07, 6.45) is 7.65. The largest absolute Gasteiger partial charge is 0.478 e. The number of aromatic carboxylic acids is 1. The van der Waals surface area contributed by atoms with E-state index in [1.54, 1.807) is 6.07 Å². The van der Waals surface area contributed by atoms with Crippen molar-refractivity contribution in [3.63, 3.8) is 0 Å². The smallest absolute Gasteiger partial charge is 0.335 e. The molecule has 3 aromatic rings. The van der Waals surface area contributed by atoms with E-state index in [0.29, 0.717) is 21.4 Å². The van der Waals surface area contributed by atoms with Gasteiger partial charge in [0.1, 0.15) is 11.2 Å². The fourth-order valence-electron chi connectivity index (χ4n) is 3.80. The molecule has 2 aromatic carbocycles. The van der Waals surface area contributed by atoms with Gasteiger partial charge in [0.25, 0.3) is 0 Å². The Labute approximate surface area is 184 Å². The molecule has 1 unspecified atom stereocenters. The summed E-state index contributed by atoms with van der Waals surface area (Å²) in [5, 5.41) is 9.78. The third kappa shape index (κ3) is 5.24. The van der Waals surface area contributed by atoms with Gasteiger partial charge in [0.15, 0.2) is 0 Å². The first-order valence-corrected chi connectivity index (χ1v) is 12.2. The van der Waals surface area contributed by atoms with E-state index in [-0.39, 0.29) is 21.6 Å². The molecule has 0 saturated heterocycles. The predicted octanol–water partition coefficient (Wildman–Crippen LogP) is 6.06. The highest BCUT2D eigenvalue weighted by atomic mass is 32.2. The molecule has 166 valence electrons. The third-order valence-electron chi connectivity index (χ3n) is 5.53. The molecule has 5 nitrogen and oxygen atoms in total. The Morgan fingerprint density at radius 1 is 1.03 bits per heavy atom. The first-order valence-electron chi connectivity index (χ1n) is 11.0. The number of hydrogen-bond acceptors (Lipinski definition) is 4. The first-order chi connectivity index (χ1) is 14.8. The Bertz CT molecular complexity index is 1180. The summed E-state index contributed by atoms with van der Waals surface area (Å²) in [7, 11) is -1.24. The maximum absolute atomic E-state index is 13.3. The molecule has 1 N–H and O–H groups in total. The van der Waals surface area contributed by atoms with E-state index in [1.165, 1.54) is 43.9 Å². The van der Waals surface area contributed by atoms with Gasteiger partial charge in [-0.05, 0) is 48.7 Å². The van der Waals surface area contributed by atoms with Crippen molar-refractivity contribution in [3.05, 3.63) is 51.7 Å². The highest BCUT2D eigenvalue weighted by molar-refractivity contribution is 7.85. The summed E-state index contributed by atoms with van der Waals surface area (Å²) in [6, 6.07) is 7.88. The molecule has 1 heterocycles. The molecule has 1 aromatic heterocycles. The van der Waals surface area contributed by atoms with E-state index in [0.717, 1.165) is 24.8 Å². The molecule has 6 heteroatoms. The van der Waals surface area contributed by atoms with E-state index >= 15 is 0 Å². The van der Waals surface area contributed by atoms with Crippen molar-refractivity contribution in [1.82, 2.24) is 0 Å². The molecule has 0 bridgehead atoms. The van der Waals surface area contributed by atoms with Crippen molar-refractivity contribution in [3.8, 4) is 0 Å². The van der Waals surface area contributed by atoms with Crippen LogP contribution in [0.5, 0.6) is 0 Å². The summed E-state index contributed by atoms with van der Waals surface area (Å²) in [5.74, 6) is -1.10. The van der Waals surface area contributed by atoms with Crippen LogP contribution in [0.3, 0.4) is 0 Å². The van der Waals surface area contributed by atoms with Crippen molar-refractivity contribution in [2.45, 2.75) is 75.9 Å². The Morgan fingerprint density at radius 3 is 2.42 bits per heavy atom. The number of rotatable bonds is 10. The zero-order chi connectivity index (χ0) is 22.5. The third-order valence-corrected chi connectivity index (χ3v) is 7.08. The summed E-state index contributed by atoms with van der Waals surface area (Å²) < 4.78 is 18.9. The maximum atomic E-state index is 13.3. The van der Waals surface area contributed by atoms with Crippen LogP contribution in [0.2, 0.25) is 0 Å². The van der Waals surface area contributed by atoms with Crippen LogP contribution in [-0.4, -0.2) is 20.5 Å². The standard InChI is InChI=1S/C25H30O5S/c1-4-5-6-7-8-9-10-17-13-19(31(29)16(2)3)15-21-23(26)20-14-18(25(27)28)11-12-22(20)30-24(17)21/h11-16H,4-10H2,1-3H3,(H,27,28). The topological polar surface area (TPSA) is 84.6 Å². The van der Waals surface area contributed by atoms with Crippen LogP contribution < -0.4 is 5.43 Å². The lowest BCUT2D eigenvalue weighted by atomic mass is 10.0. The summed E-state index contributed by atoms with van der Waals surface area (Å²) in [6.45, 7) is 5.96. The van der Waals surface area contributed by atoms with Gasteiger partial charge in [0.05, 0.1) is 27.1 Å². The molecule has 1 atom stereocenters. The molecule has 3 rings (SSSR count). The van der Waals surface area contributed by atoms with Crippen LogP contribution in [0.1, 0.15) is 75.2 Å². The molecule has 0 spiro atoms. The SMILES string of the molecule is CCCCCCCCc1cc(S(=O)C(C)C)cc2c(=O)c3cc(C(=O)O)ccc3oc12. The minimum atomic E-state index is -1.24. The molecule has 0 aliphatic heterocycles. The number of benzene rings is 2. The number of unbranched alkanes of at least 4 members (excludes halogenated alkanes) is 5. The second-order valence-electron chi connectivity index (χ2n) is 8.27. The summed E-state index contributed by atoms with van der Waals surface area (Å²) in [4.78, 5) is 25.2. The minimum Gasteiger partial charge on any atom is -0.478 e. The van der Waals surface area contributed by atoms with Gasteiger partial charge in [-0.3, -0.25) is 9.00 Å². The number of hydrogen-bond donors (Lipinski definition) is 1. The van der Waals surface area contributed by atoms with Crippen LogP contribution in [0, 0.1) is 0 Å². The molecule has 0 saturated carbocycles. The lowest BCUT2D eigenvalue weighted by Gasteiger charge is -2.12. The second kappa shape index (κ2) is 10.2. The molecule has 0 fully saturated rings. The Hall–Kier alpha value is -2.47. The fourth-order valence-corrected chi connectivity index (χ4v) is 4.84. The van der Waals surface area contributed by atoms with E-state index in [9.17, 15) is 18.9 Å². The Kier molecular flexibility index (Phi) is 7.65. The van der Waals surface area contributed by atoms with Crippen molar-refractivity contribution < 1.29 is 18.5 Å². The van der Waals surface area contributed by atoms with Crippen LogP contribution in [-0.2, 0) is 17.2 Å². The van der Waals surface area contributed by atoms with Crippen molar-refractivity contribution in [2.75, 3.05) is 0 Å². The van der Waals surface area contributed by atoms with Crippen molar-refractivity contribution in [2.24, 2.45) is 0 Å². The molecule has 0 aliphatic carbocycles. The van der Waals surface area contributed by atoms with Gasteiger partial charge in [-0.2, -0.15) is 0 Å². The minimum absolute atomic E-state index is 0.0355. The van der Waals surface area contributed by atoms with Gasteiger partial charge in [-0.15, -0.1) is 0 Å². The quantitative estimate of drug-likeness (QED) is 0.304. The van der Waals surface area contributed by atoms with Crippen molar-refractivity contribution in [1.29, 1.82) is 0 Å². The zero-order valence-electron chi connectivity index (χ0n) is 18.4. The second-order valence-corrected chi connectivity index (χ2v) is 10.3. The Morgan fingerprint density at radius 2 is 1.74 bits per heavy atom. The number of fused-ring (bicyclic) bond motifs is 2. The van der Waals surface area contributed by atoms with Gasteiger partial charge in [0, 0.05) is 10.1 Å². The highest BCUT2D eigenvalue weighted by Gasteiger charge is 2.18. The highest BCUT2D eigenvalue weighted by Crippen LogP contribution is 2.28. The molecule has 0 radical (unpaired) electrons.